The smallest absolute Gasteiger partial charge is 0.221 e. The first-order valence-electron chi connectivity index (χ1n) is 6.31. The van der Waals surface area contributed by atoms with E-state index in [0.717, 1.165) is 5.69 Å². The minimum Gasteiger partial charge on any atom is -0.389 e. The zero-order valence-electron chi connectivity index (χ0n) is 11.7. The van der Waals surface area contributed by atoms with Gasteiger partial charge in [-0.05, 0) is 19.1 Å². The van der Waals surface area contributed by atoms with Gasteiger partial charge in [0.25, 0.3) is 0 Å². The third-order valence-corrected chi connectivity index (χ3v) is 2.79. The number of ether oxygens (including phenoxy) is 1. The van der Waals surface area contributed by atoms with Crippen LogP contribution >= 0.6 is 12.2 Å². The molecule has 7 heteroatoms. The Morgan fingerprint density at radius 1 is 1.45 bits per heavy atom. The summed E-state index contributed by atoms with van der Waals surface area (Å²) in [6.45, 7) is 3.36. The highest BCUT2D eigenvalue weighted by atomic mass is 32.1. The highest BCUT2D eigenvalue weighted by Gasteiger charge is 2.07. The van der Waals surface area contributed by atoms with Gasteiger partial charge in [0.15, 0.2) is 0 Å². The van der Waals surface area contributed by atoms with Gasteiger partial charge in [-0.15, -0.1) is 0 Å². The van der Waals surface area contributed by atoms with E-state index in [1.54, 1.807) is 7.11 Å². The summed E-state index contributed by atoms with van der Waals surface area (Å²) in [7, 11) is 1.59. The Labute approximate surface area is 124 Å². The number of aromatic nitrogens is 1. The zero-order chi connectivity index (χ0) is 15.0. The Balaban J connectivity index is 2.47. The second-order valence-corrected chi connectivity index (χ2v) is 4.67. The zero-order valence-corrected chi connectivity index (χ0v) is 12.5. The number of aryl methyl sites for hydroxylation is 1. The highest BCUT2D eigenvalue weighted by Crippen LogP contribution is 2.13. The first kappa shape index (κ1) is 16.3. The van der Waals surface area contributed by atoms with E-state index >= 15 is 0 Å². The predicted molar refractivity (Wildman–Crippen MR) is 82.9 cm³/mol. The third kappa shape index (κ3) is 5.50. The van der Waals surface area contributed by atoms with E-state index in [9.17, 15) is 4.79 Å². The maximum absolute atomic E-state index is 11.5. The molecular weight excluding hydrogens is 276 g/mol. The molecule has 0 bridgehead atoms. The minimum atomic E-state index is -0.0425. The first-order chi connectivity index (χ1) is 9.54. The maximum atomic E-state index is 11.5. The molecule has 0 atom stereocenters. The number of carbonyl (C=O) groups excluding carboxylic acids is 1. The lowest BCUT2D eigenvalue weighted by atomic mass is 10.2. The number of rotatable bonds is 8. The van der Waals surface area contributed by atoms with Crippen molar-refractivity contribution in [3.8, 4) is 0 Å². The molecule has 4 N–H and O–H groups in total. The number of thiocarbonyl (C=S) groups is 1. The Morgan fingerprint density at radius 2 is 2.20 bits per heavy atom. The molecule has 0 fully saturated rings. The lowest BCUT2D eigenvalue weighted by Gasteiger charge is -2.11. The standard InChI is InChI=1S/C13H20N4O2S/c1-9-3-4-10(12(14)20)13(17-9)16-6-5-11(18)15-7-8-19-2/h3-4H,5-8H2,1-2H3,(H2,14,20)(H,15,18)(H,16,17). The summed E-state index contributed by atoms with van der Waals surface area (Å²) >= 11 is 4.97. The second-order valence-electron chi connectivity index (χ2n) is 4.23. The lowest BCUT2D eigenvalue weighted by molar-refractivity contribution is -0.121. The van der Waals surface area contributed by atoms with Gasteiger partial charge in [-0.25, -0.2) is 4.98 Å². The van der Waals surface area contributed by atoms with Gasteiger partial charge in [0, 0.05) is 32.3 Å². The van der Waals surface area contributed by atoms with Crippen molar-refractivity contribution in [3.63, 3.8) is 0 Å². The summed E-state index contributed by atoms with van der Waals surface area (Å²) in [5.41, 5.74) is 7.18. The largest absolute Gasteiger partial charge is 0.389 e. The molecule has 1 rings (SSSR count). The number of nitrogens with zero attached hydrogens (tertiary/aromatic N) is 1. The summed E-state index contributed by atoms with van der Waals surface area (Å²) in [6.07, 6.45) is 0.343. The average Bonchev–Trinajstić information content (AvgIpc) is 2.38. The molecule has 0 aliphatic rings. The van der Waals surface area contributed by atoms with Crippen LogP contribution in [0.15, 0.2) is 12.1 Å². The van der Waals surface area contributed by atoms with Crippen LogP contribution in [0.4, 0.5) is 5.82 Å². The van der Waals surface area contributed by atoms with Crippen LogP contribution < -0.4 is 16.4 Å². The fourth-order valence-electron chi connectivity index (χ4n) is 1.57. The predicted octanol–water partition coefficient (Wildman–Crippen LogP) is 0.589. The maximum Gasteiger partial charge on any atom is 0.221 e. The van der Waals surface area contributed by atoms with Crippen LogP contribution in [0.3, 0.4) is 0 Å². The SMILES string of the molecule is COCCNC(=O)CCNc1nc(C)ccc1C(N)=S. The molecule has 110 valence electrons. The fourth-order valence-corrected chi connectivity index (χ4v) is 1.73. The van der Waals surface area contributed by atoms with Crippen molar-refractivity contribution in [2.24, 2.45) is 5.73 Å². The molecule has 0 saturated carbocycles. The number of hydrogen-bond donors (Lipinski definition) is 3. The van der Waals surface area contributed by atoms with E-state index in [4.69, 9.17) is 22.7 Å². The number of nitrogens with two attached hydrogens (primary N) is 1. The molecule has 0 saturated heterocycles. The average molecular weight is 296 g/mol. The Morgan fingerprint density at radius 3 is 2.85 bits per heavy atom. The van der Waals surface area contributed by atoms with Crippen molar-refractivity contribution in [2.75, 3.05) is 32.1 Å². The van der Waals surface area contributed by atoms with Crippen LogP contribution in [-0.2, 0) is 9.53 Å². The fraction of sp³-hybridized carbons (Fsp3) is 0.462. The van der Waals surface area contributed by atoms with Gasteiger partial charge in [-0.2, -0.15) is 0 Å². The second kappa shape index (κ2) is 8.44. The van der Waals surface area contributed by atoms with Crippen molar-refractivity contribution < 1.29 is 9.53 Å². The van der Waals surface area contributed by atoms with Crippen LogP contribution in [0.2, 0.25) is 0 Å². The minimum absolute atomic E-state index is 0.0425. The summed E-state index contributed by atoms with van der Waals surface area (Å²) in [4.78, 5) is 16.1. The molecule has 0 radical (unpaired) electrons. The molecule has 0 aliphatic heterocycles. The Bertz CT molecular complexity index is 479. The third-order valence-electron chi connectivity index (χ3n) is 2.57. The Hall–Kier alpha value is -1.73. The normalized spacial score (nSPS) is 10.1. The van der Waals surface area contributed by atoms with Gasteiger partial charge in [-0.3, -0.25) is 4.79 Å². The van der Waals surface area contributed by atoms with Gasteiger partial charge in [0.1, 0.15) is 10.8 Å². The van der Waals surface area contributed by atoms with Gasteiger partial charge >= 0.3 is 0 Å². The molecule has 1 aromatic heterocycles. The summed E-state index contributed by atoms with van der Waals surface area (Å²) in [5, 5.41) is 5.83. The number of anilines is 1. The summed E-state index contributed by atoms with van der Waals surface area (Å²) in [6, 6.07) is 3.67. The topological polar surface area (TPSA) is 89.3 Å². The number of nitrogens with one attached hydrogen (secondary N) is 2. The molecular formula is C13H20N4O2S. The number of pyridine rings is 1. The molecule has 0 aliphatic carbocycles. The lowest BCUT2D eigenvalue weighted by Crippen LogP contribution is -2.28. The van der Waals surface area contributed by atoms with Crippen LogP contribution in [0, 0.1) is 6.92 Å². The number of carbonyl (C=O) groups is 1. The first-order valence-corrected chi connectivity index (χ1v) is 6.72. The van der Waals surface area contributed by atoms with Gasteiger partial charge in [0.05, 0.1) is 12.2 Å². The molecule has 1 heterocycles. The van der Waals surface area contributed by atoms with Crippen LogP contribution in [-0.4, -0.2) is 42.7 Å². The number of methoxy groups -OCH3 is 1. The summed E-state index contributed by atoms with van der Waals surface area (Å²) < 4.78 is 4.85. The van der Waals surface area contributed by atoms with Crippen LogP contribution in [0.1, 0.15) is 17.7 Å². The van der Waals surface area contributed by atoms with E-state index in [-0.39, 0.29) is 10.9 Å². The van der Waals surface area contributed by atoms with Crippen molar-refractivity contribution in [3.05, 3.63) is 23.4 Å². The van der Waals surface area contributed by atoms with Crippen LogP contribution in [0.25, 0.3) is 0 Å². The van der Waals surface area contributed by atoms with Gasteiger partial charge < -0.3 is 21.1 Å². The van der Waals surface area contributed by atoms with Gasteiger partial charge in [-0.1, -0.05) is 12.2 Å². The molecule has 0 unspecified atom stereocenters. The van der Waals surface area contributed by atoms with Crippen molar-refractivity contribution in [1.29, 1.82) is 0 Å². The van der Waals surface area contributed by atoms with Crippen molar-refractivity contribution in [2.45, 2.75) is 13.3 Å². The quantitative estimate of drug-likeness (QED) is 0.480. The monoisotopic (exact) mass is 296 g/mol. The van der Waals surface area contributed by atoms with E-state index in [1.807, 2.05) is 19.1 Å². The summed E-state index contributed by atoms with van der Waals surface area (Å²) in [5.74, 6) is 0.571. The van der Waals surface area contributed by atoms with E-state index in [1.165, 1.54) is 0 Å². The molecule has 1 aromatic rings. The molecule has 0 spiro atoms. The van der Waals surface area contributed by atoms with E-state index in [2.05, 4.69) is 15.6 Å². The molecule has 6 nitrogen and oxygen atoms in total. The Kier molecular flexibility index (Phi) is 6.89. The van der Waals surface area contributed by atoms with E-state index in [0.29, 0.717) is 37.5 Å². The number of hydrogen-bond acceptors (Lipinski definition) is 5. The molecule has 0 aromatic carbocycles. The van der Waals surface area contributed by atoms with Gasteiger partial charge in [0.2, 0.25) is 5.91 Å². The van der Waals surface area contributed by atoms with Crippen LogP contribution in [0.5, 0.6) is 0 Å². The number of amides is 1. The highest BCUT2D eigenvalue weighted by molar-refractivity contribution is 7.80. The van der Waals surface area contributed by atoms with E-state index < -0.39 is 0 Å². The van der Waals surface area contributed by atoms with Crippen molar-refractivity contribution >= 4 is 28.9 Å². The molecule has 20 heavy (non-hydrogen) atoms. The molecule has 1 amide bonds. The van der Waals surface area contributed by atoms with Crippen molar-refractivity contribution in [1.82, 2.24) is 10.3 Å².